The Labute approximate surface area is 134 Å². The van der Waals surface area contributed by atoms with Crippen LogP contribution in [0.15, 0.2) is 18.2 Å². The number of piperazine rings is 1. The van der Waals surface area contributed by atoms with Crippen molar-refractivity contribution in [2.75, 3.05) is 37.7 Å². The normalized spacial score (nSPS) is 23.3. The predicted molar refractivity (Wildman–Crippen MR) is 92.8 cm³/mol. The molecule has 1 saturated carbocycles. The van der Waals surface area contributed by atoms with E-state index in [2.05, 4.69) is 48.8 Å². The molecule has 1 aromatic carbocycles. The molecule has 0 bridgehead atoms. The summed E-state index contributed by atoms with van der Waals surface area (Å²) in [6, 6.07) is 7.64. The van der Waals surface area contributed by atoms with Crippen LogP contribution in [0.2, 0.25) is 0 Å². The van der Waals surface area contributed by atoms with Gasteiger partial charge in [0.1, 0.15) is 0 Å². The first-order valence-corrected chi connectivity index (χ1v) is 8.84. The van der Waals surface area contributed by atoms with Crippen molar-refractivity contribution in [3.63, 3.8) is 0 Å². The van der Waals surface area contributed by atoms with Crippen LogP contribution in [0.5, 0.6) is 0 Å². The molecule has 2 aliphatic rings. The maximum absolute atomic E-state index is 9.15. The molecule has 1 saturated heterocycles. The lowest BCUT2D eigenvalue weighted by Gasteiger charge is -2.41. The SMILES string of the molecule is CC(C)c1ccc(N2CCN(CCO)[C@H](C)C2)cc1C1CC1. The van der Waals surface area contributed by atoms with E-state index in [-0.39, 0.29) is 6.61 Å². The second-order valence-electron chi connectivity index (χ2n) is 7.30. The van der Waals surface area contributed by atoms with Gasteiger partial charge in [-0.15, -0.1) is 0 Å². The minimum absolute atomic E-state index is 0.263. The second-order valence-corrected chi connectivity index (χ2v) is 7.30. The van der Waals surface area contributed by atoms with Crippen molar-refractivity contribution >= 4 is 5.69 Å². The Hall–Kier alpha value is -1.06. The zero-order valence-corrected chi connectivity index (χ0v) is 14.3. The third-order valence-corrected chi connectivity index (χ3v) is 5.23. The van der Waals surface area contributed by atoms with Gasteiger partial charge in [0.05, 0.1) is 6.61 Å². The molecule has 3 nitrogen and oxygen atoms in total. The van der Waals surface area contributed by atoms with Gasteiger partial charge in [0, 0.05) is 37.9 Å². The number of aliphatic hydroxyl groups excluding tert-OH is 1. The van der Waals surface area contributed by atoms with E-state index in [0.717, 1.165) is 32.1 Å². The average Bonchev–Trinajstić information content (AvgIpc) is 3.33. The number of nitrogens with zero attached hydrogens (tertiary/aromatic N) is 2. The summed E-state index contributed by atoms with van der Waals surface area (Å²) in [5.74, 6) is 1.43. The fraction of sp³-hybridized carbons (Fsp3) is 0.684. The van der Waals surface area contributed by atoms with Gasteiger partial charge in [-0.25, -0.2) is 0 Å². The molecule has 1 heterocycles. The first-order chi connectivity index (χ1) is 10.6. The lowest BCUT2D eigenvalue weighted by atomic mass is 9.93. The fourth-order valence-electron chi connectivity index (χ4n) is 3.72. The van der Waals surface area contributed by atoms with E-state index in [1.165, 1.54) is 18.5 Å². The molecule has 22 heavy (non-hydrogen) atoms. The van der Waals surface area contributed by atoms with E-state index in [1.54, 1.807) is 11.1 Å². The predicted octanol–water partition coefficient (Wildman–Crippen LogP) is 3.19. The maximum atomic E-state index is 9.15. The van der Waals surface area contributed by atoms with E-state index >= 15 is 0 Å². The lowest BCUT2D eigenvalue weighted by molar-refractivity contribution is 0.146. The molecule has 0 spiro atoms. The van der Waals surface area contributed by atoms with Crippen LogP contribution in [0.4, 0.5) is 5.69 Å². The highest BCUT2D eigenvalue weighted by atomic mass is 16.3. The first kappa shape index (κ1) is 15.8. The van der Waals surface area contributed by atoms with Gasteiger partial charge in [-0.2, -0.15) is 0 Å². The number of anilines is 1. The molecule has 3 rings (SSSR count). The van der Waals surface area contributed by atoms with Gasteiger partial charge in [0.15, 0.2) is 0 Å². The van der Waals surface area contributed by atoms with Crippen molar-refractivity contribution in [2.45, 2.75) is 51.5 Å². The topological polar surface area (TPSA) is 26.7 Å². The minimum Gasteiger partial charge on any atom is -0.395 e. The van der Waals surface area contributed by atoms with Gasteiger partial charge in [0.2, 0.25) is 0 Å². The maximum Gasteiger partial charge on any atom is 0.0558 e. The Morgan fingerprint density at radius 3 is 2.59 bits per heavy atom. The summed E-state index contributed by atoms with van der Waals surface area (Å²) in [6.45, 7) is 11.1. The third kappa shape index (κ3) is 3.31. The molecule has 0 unspecified atom stereocenters. The van der Waals surface area contributed by atoms with Crippen molar-refractivity contribution in [1.82, 2.24) is 4.90 Å². The molecule has 2 fully saturated rings. The number of aliphatic hydroxyl groups is 1. The lowest BCUT2D eigenvalue weighted by Crippen LogP contribution is -2.52. The van der Waals surface area contributed by atoms with Crippen molar-refractivity contribution in [1.29, 1.82) is 0 Å². The molecule has 1 aliphatic carbocycles. The van der Waals surface area contributed by atoms with Crippen LogP contribution >= 0.6 is 0 Å². The highest BCUT2D eigenvalue weighted by Gasteiger charge is 2.29. The molecule has 3 heteroatoms. The third-order valence-electron chi connectivity index (χ3n) is 5.23. The fourth-order valence-corrected chi connectivity index (χ4v) is 3.72. The number of rotatable bonds is 5. The summed E-state index contributed by atoms with van der Waals surface area (Å²) in [4.78, 5) is 4.91. The quantitative estimate of drug-likeness (QED) is 0.905. The summed E-state index contributed by atoms with van der Waals surface area (Å²) in [6.07, 6.45) is 2.73. The Bertz CT molecular complexity index is 510. The second kappa shape index (κ2) is 6.59. The van der Waals surface area contributed by atoms with Crippen LogP contribution in [0.25, 0.3) is 0 Å². The molecule has 122 valence electrons. The Balaban J connectivity index is 1.76. The highest BCUT2D eigenvalue weighted by molar-refractivity contribution is 5.54. The van der Waals surface area contributed by atoms with E-state index in [9.17, 15) is 0 Å². The van der Waals surface area contributed by atoms with E-state index in [0.29, 0.717) is 12.0 Å². The van der Waals surface area contributed by atoms with Gasteiger partial charge >= 0.3 is 0 Å². The standard InChI is InChI=1S/C19H30N2O/c1-14(2)18-7-6-17(12-19(18)16-4-5-16)21-9-8-20(10-11-22)15(3)13-21/h6-7,12,14-16,22H,4-5,8-11,13H2,1-3H3/t15-/m1/s1. The molecule has 1 aliphatic heterocycles. The van der Waals surface area contributed by atoms with Crippen LogP contribution in [-0.2, 0) is 0 Å². The van der Waals surface area contributed by atoms with Gasteiger partial charge in [0.25, 0.3) is 0 Å². The largest absolute Gasteiger partial charge is 0.395 e. The number of hydrogen-bond donors (Lipinski definition) is 1. The summed E-state index contributed by atoms with van der Waals surface area (Å²) in [7, 11) is 0. The van der Waals surface area contributed by atoms with E-state index in [1.807, 2.05) is 0 Å². The molecule has 0 radical (unpaired) electrons. The van der Waals surface area contributed by atoms with Gasteiger partial charge in [-0.3, -0.25) is 4.90 Å². The summed E-state index contributed by atoms with van der Waals surface area (Å²) in [5.41, 5.74) is 4.53. The van der Waals surface area contributed by atoms with Crippen LogP contribution in [0.3, 0.4) is 0 Å². The zero-order chi connectivity index (χ0) is 15.7. The van der Waals surface area contributed by atoms with E-state index < -0.39 is 0 Å². The molecule has 0 aromatic heterocycles. The average molecular weight is 302 g/mol. The van der Waals surface area contributed by atoms with Crippen LogP contribution < -0.4 is 4.90 Å². The molecule has 1 atom stereocenters. The smallest absolute Gasteiger partial charge is 0.0558 e. The van der Waals surface area contributed by atoms with Crippen LogP contribution in [0.1, 0.15) is 56.6 Å². The van der Waals surface area contributed by atoms with Gasteiger partial charge in [-0.1, -0.05) is 19.9 Å². The first-order valence-electron chi connectivity index (χ1n) is 8.84. The van der Waals surface area contributed by atoms with Crippen molar-refractivity contribution in [3.05, 3.63) is 29.3 Å². The van der Waals surface area contributed by atoms with Gasteiger partial charge in [-0.05, 0) is 54.9 Å². The molecule has 1 N–H and O–H groups in total. The number of β-amino-alcohol motifs (C(OH)–C–C–N with tert-alkyl or cyclic N) is 1. The number of benzene rings is 1. The summed E-state index contributed by atoms with van der Waals surface area (Å²) in [5, 5.41) is 9.15. The van der Waals surface area contributed by atoms with Crippen molar-refractivity contribution in [3.8, 4) is 0 Å². The Kier molecular flexibility index (Phi) is 4.74. The zero-order valence-electron chi connectivity index (χ0n) is 14.3. The Morgan fingerprint density at radius 1 is 1.23 bits per heavy atom. The molecule has 1 aromatic rings. The van der Waals surface area contributed by atoms with Gasteiger partial charge < -0.3 is 10.0 Å². The Morgan fingerprint density at radius 2 is 2.00 bits per heavy atom. The summed E-state index contributed by atoms with van der Waals surface area (Å²) >= 11 is 0. The van der Waals surface area contributed by atoms with Crippen molar-refractivity contribution < 1.29 is 5.11 Å². The molecule has 0 amide bonds. The van der Waals surface area contributed by atoms with Crippen molar-refractivity contribution in [2.24, 2.45) is 0 Å². The van der Waals surface area contributed by atoms with Crippen LogP contribution in [-0.4, -0.2) is 48.8 Å². The summed E-state index contributed by atoms with van der Waals surface area (Å²) < 4.78 is 0. The monoisotopic (exact) mass is 302 g/mol. The molecular weight excluding hydrogens is 272 g/mol. The number of hydrogen-bond acceptors (Lipinski definition) is 3. The molecular formula is C19H30N2O. The van der Waals surface area contributed by atoms with E-state index in [4.69, 9.17) is 5.11 Å². The van der Waals surface area contributed by atoms with Crippen LogP contribution in [0, 0.1) is 0 Å². The highest BCUT2D eigenvalue weighted by Crippen LogP contribution is 2.44. The minimum atomic E-state index is 0.263.